The molecule has 1 aliphatic rings. The maximum Gasteiger partial charge on any atom is 0.271 e. The molecule has 8 nitrogen and oxygen atoms in total. The Kier molecular flexibility index (Phi) is 6.48. The van der Waals surface area contributed by atoms with Crippen LogP contribution in [0.1, 0.15) is 17.9 Å². The van der Waals surface area contributed by atoms with Crippen LogP contribution in [0, 0.1) is 17.0 Å². The van der Waals surface area contributed by atoms with Crippen LogP contribution in [-0.4, -0.2) is 52.7 Å². The average Bonchev–Trinajstić information content (AvgIpc) is 3.24. The van der Waals surface area contributed by atoms with E-state index < -0.39 is 4.92 Å². The van der Waals surface area contributed by atoms with Gasteiger partial charge >= 0.3 is 0 Å². The number of hydrogen-bond donors (Lipinski definition) is 0. The smallest absolute Gasteiger partial charge is 0.271 e. The lowest BCUT2D eigenvalue weighted by Gasteiger charge is -2.36. The molecule has 0 radical (unpaired) electrons. The van der Waals surface area contributed by atoms with E-state index in [9.17, 15) is 10.1 Å². The third kappa shape index (κ3) is 5.21. The van der Waals surface area contributed by atoms with Crippen LogP contribution in [0.5, 0.6) is 0 Å². The summed E-state index contributed by atoms with van der Waals surface area (Å²) in [6, 6.07) is 12.7. The van der Waals surface area contributed by atoms with Gasteiger partial charge in [0.05, 0.1) is 15.6 Å². The zero-order valence-corrected chi connectivity index (χ0v) is 18.1. The van der Waals surface area contributed by atoms with Gasteiger partial charge in [0.1, 0.15) is 0 Å². The van der Waals surface area contributed by atoms with Crippen molar-refractivity contribution in [3.8, 4) is 11.4 Å². The van der Waals surface area contributed by atoms with Crippen molar-refractivity contribution in [2.24, 2.45) is 0 Å². The van der Waals surface area contributed by atoms with Crippen molar-refractivity contribution in [2.75, 3.05) is 37.6 Å². The molecule has 2 heterocycles. The number of aromatic nitrogens is 2. The van der Waals surface area contributed by atoms with Gasteiger partial charge in [-0.2, -0.15) is 4.98 Å². The number of benzene rings is 2. The predicted octanol–water partition coefficient (Wildman–Crippen LogP) is 4.36. The molecule has 162 valence electrons. The predicted molar refractivity (Wildman–Crippen MR) is 120 cm³/mol. The number of non-ortho nitro benzene ring substituents is 1. The molecule has 1 aromatic heterocycles. The largest absolute Gasteiger partial charge is 0.368 e. The number of nitro groups is 1. The van der Waals surface area contributed by atoms with E-state index in [0.29, 0.717) is 16.7 Å². The fraction of sp³-hybridized carbons (Fsp3) is 0.364. The molecule has 0 atom stereocenters. The lowest BCUT2D eigenvalue weighted by Crippen LogP contribution is -2.46. The minimum absolute atomic E-state index is 0.0129. The third-order valence-electron chi connectivity index (χ3n) is 5.50. The first-order chi connectivity index (χ1) is 15.0. The lowest BCUT2D eigenvalue weighted by atomic mass is 10.1. The summed E-state index contributed by atoms with van der Waals surface area (Å²) in [5, 5.41) is 15.4. The van der Waals surface area contributed by atoms with Gasteiger partial charge in [0.25, 0.3) is 5.69 Å². The van der Waals surface area contributed by atoms with Crippen molar-refractivity contribution in [3.63, 3.8) is 0 Å². The standard InChI is InChI=1S/C22H24ClN5O3/c1-16-4-6-17(7-5-16)22-24-21(31-25-22)3-2-10-26-11-13-27(14-12-26)20-9-8-18(28(29)30)15-19(20)23/h4-9,15H,2-3,10-14H2,1H3. The highest BCUT2D eigenvalue weighted by atomic mass is 35.5. The number of nitrogens with zero attached hydrogens (tertiary/aromatic N) is 5. The zero-order valence-electron chi connectivity index (χ0n) is 17.3. The summed E-state index contributed by atoms with van der Waals surface area (Å²) in [6.07, 6.45) is 1.68. The zero-order chi connectivity index (χ0) is 21.8. The van der Waals surface area contributed by atoms with E-state index >= 15 is 0 Å². The maximum absolute atomic E-state index is 10.9. The Morgan fingerprint density at radius 1 is 1.13 bits per heavy atom. The Hall–Kier alpha value is -2.97. The second-order valence-corrected chi connectivity index (χ2v) is 8.11. The quantitative estimate of drug-likeness (QED) is 0.397. The molecule has 0 aliphatic carbocycles. The molecule has 9 heteroatoms. The minimum Gasteiger partial charge on any atom is -0.368 e. The molecular weight excluding hydrogens is 418 g/mol. The Morgan fingerprint density at radius 2 is 1.87 bits per heavy atom. The van der Waals surface area contributed by atoms with Gasteiger partial charge in [-0.3, -0.25) is 15.0 Å². The summed E-state index contributed by atoms with van der Waals surface area (Å²) in [4.78, 5) is 19.5. The molecule has 1 aliphatic heterocycles. The van der Waals surface area contributed by atoms with Crippen LogP contribution in [0.4, 0.5) is 11.4 Å². The van der Waals surface area contributed by atoms with Gasteiger partial charge < -0.3 is 9.42 Å². The molecule has 3 aromatic rings. The van der Waals surface area contributed by atoms with Crippen molar-refractivity contribution < 1.29 is 9.45 Å². The molecule has 0 N–H and O–H groups in total. The number of piperazine rings is 1. The number of anilines is 1. The molecule has 1 fully saturated rings. The summed E-state index contributed by atoms with van der Waals surface area (Å²) < 4.78 is 5.40. The van der Waals surface area contributed by atoms with Crippen molar-refractivity contribution in [1.29, 1.82) is 0 Å². The van der Waals surface area contributed by atoms with Gasteiger partial charge in [-0.05, 0) is 26.0 Å². The minimum atomic E-state index is -0.430. The van der Waals surface area contributed by atoms with E-state index in [1.54, 1.807) is 6.07 Å². The van der Waals surface area contributed by atoms with Crippen LogP contribution in [0.2, 0.25) is 5.02 Å². The van der Waals surface area contributed by atoms with Gasteiger partial charge in [-0.25, -0.2) is 0 Å². The molecule has 0 unspecified atom stereocenters. The Labute approximate surface area is 185 Å². The van der Waals surface area contributed by atoms with Crippen LogP contribution < -0.4 is 4.90 Å². The molecule has 0 amide bonds. The first-order valence-corrected chi connectivity index (χ1v) is 10.7. The highest BCUT2D eigenvalue weighted by Crippen LogP contribution is 2.30. The molecule has 0 spiro atoms. The Bertz CT molecular complexity index is 1050. The van der Waals surface area contributed by atoms with E-state index in [2.05, 4.69) is 19.9 Å². The summed E-state index contributed by atoms with van der Waals surface area (Å²) in [6.45, 7) is 6.47. The van der Waals surface area contributed by atoms with Gasteiger partial charge in [-0.15, -0.1) is 0 Å². The first-order valence-electron chi connectivity index (χ1n) is 10.3. The van der Waals surface area contributed by atoms with Crippen LogP contribution in [0.15, 0.2) is 47.0 Å². The monoisotopic (exact) mass is 441 g/mol. The number of rotatable bonds is 7. The van der Waals surface area contributed by atoms with Crippen molar-refractivity contribution in [1.82, 2.24) is 15.0 Å². The molecule has 1 saturated heterocycles. The molecule has 0 saturated carbocycles. The lowest BCUT2D eigenvalue weighted by molar-refractivity contribution is -0.384. The third-order valence-corrected chi connectivity index (χ3v) is 5.80. The highest BCUT2D eigenvalue weighted by molar-refractivity contribution is 6.33. The molecule has 31 heavy (non-hydrogen) atoms. The number of aryl methyl sites for hydroxylation is 2. The molecular formula is C22H24ClN5O3. The van der Waals surface area contributed by atoms with Gasteiger partial charge in [0.15, 0.2) is 0 Å². The normalized spacial score (nSPS) is 14.7. The molecule has 0 bridgehead atoms. The van der Waals surface area contributed by atoms with E-state index in [1.807, 2.05) is 31.2 Å². The fourth-order valence-corrected chi connectivity index (χ4v) is 4.00. The van der Waals surface area contributed by atoms with Crippen LogP contribution in [0.25, 0.3) is 11.4 Å². The number of hydrogen-bond acceptors (Lipinski definition) is 7. The van der Waals surface area contributed by atoms with E-state index in [0.717, 1.165) is 56.8 Å². The summed E-state index contributed by atoms with van der Waals surface area (Å²) in [5.41, 5.74) is 3.02. The van der Waals surface area contributed by atoms with Gasteiger partial charge in [-0.1, -0.05) is 46.6 Å². The van der Waals surface area contributed by atoms with Crippen molar-refractivity contribution >= 4 is 23.0 Å². The molecule has 4 rings (SSSR count). The van der Waals surface area contributed by atoms with Crippen LogP contribution in [-0.2, 0) is 6.42 Å². The van der Waals surface area contributed by atoms with Crippen LogP contribution in [0.3, 0.4) is 0 Å². The molecule has 2 aromatic carbocycles. The Morgan fingerprint density at radius 3 is 2.55 bits per heavy atom. The van der Waals surface area contributed by atoms with E-state index in [4.69, 9.17) is 16.1 Å². The summed E-state index contributed by atoms with van der Waals surface area (Å²) in [7, 11) is 0. The maximum atomic E-state index is 10.9. The fourth-order valence-electron chi connectivity index (χ4n) is 3.71. The number of halogens is 1. The van der Waals surface area contributed by atoms with E-state index in [1.165, 1.54) is 17.7 Å². The second-order valence-electron chi connectivity index (χ2n) is 7.70. The number of nitro benzene ring substituents is 1. The van der Waals surface area contributed by atoms with Crippen molar-refractivity contribution in [3.05, 3.63) is 69.1 Å². The average molecular weight is 442 g/mol. The summed E-state index contributed by atoms with van der Waals surface area (Å²) >= 11 is 6.27. The Balaban J connectivity index is 1.24. The van der Waals surface area contributed by atoms with Gasteiger partial charge in [0.2, 0.25) is 11.7 Å². The van der Waals surface area contributed by atoms with Gasteiger partial charge in [0, 0.05) is 50.3 Å². The van der Waals surface area contributed by atoms with Crippen LogP contribution >= 0.6 is 11.6 Å². The SMILES string of the molecule is Cc1ccc(-c2noc(CCCN3CCN(c4ccc([N+](=O)[O-])cc4Cl)CC3)n2)cc1. The second kappa shape index (κ2) is 9.45. The first kappa shape index (κ1) is 21.3. The highest BCUT2D eigenvalue weighted by Gasteiger charge is 2.20. The van der Waals surface area contributed by atoms with Crippen molar-refractivity contribution in [2.45, 2.75) is 19.8 Å². The topological polar surface area (TPSA) is 88.5 Å². The van der Waals surface area contributed by atoms with E-state index in [-0.39, 0.29) is 5.69 Å². The summed E-state index contributed by atoms with van der Waals surface area (Å²) in [5.74, 6) is 1.29.